The van der Waals surface area contributed by atoms with Crippen LogP contribution in [0.3, 0.4) is 0 Å². The predicted molar refractivity (Wildman–Crippen MR) is 87.9 cm³/mol. The van der Waals surface area contributed by atoms with Gasteiger partial charge < -0.3 is 5.32 Å². The van der Waals surface area contributed by atoms with E-state index in [0.717, 1.165) is 0 Å². The van der Waals surface area contributed by atoms with Crippen LogP contribution < -0.4 is 10.0 Å². The number of non-ortho nitro benzene ring substituents is 1. The maximum Gasteiger partial charge on any atom is 0.269 e. The first-order valence-corrected chi connectivity index (χ1v) is 8.39. The monoisotopic (exact) mass is 346 g/mol. The quantitative estimate of drug-likeness (QED) is 0.448. The molecule has 0 atom stereocenters. The first-order valence-electron chi connectivity index (χ1n) is 6.90. The Kier molecular flexibility index (Phi) is 5.47. The molecule has 0 spiro atoms. The number of anilines is 1. The lowest BCUT2D eigenvalue weighted by molar-refractivity contribution is -0.384. The van der Waals surface area contributed by atoms with Crippen molar-refractivity contribution in [1.82, 2.24) is 4.72 Å². The Labute approximate surface area is 138 Å². The summed E-state index contributed by atoms with van der Waals surface area (Å²) >= 11 is 0. The largest absolute Gasteiger partial charge is 0.384 e. The molecule has 2 rings (SSSR count). The molecule has 124 valence electrons. The highest BCUT2D eigenvalue weighted by atomic mass is 32.2. The van der Waals surface area contributed by atoms with Gasteiger partial charge in [-0.05, 0) is 36.4 Å². The van der Waals surface area contributed by atoms with Crippen LogP contribution in [-0.4, -0.2) is 26.4 Å². The molecule has 0 aliphatic rings. The fourth-order valence-electron chi connectivity index (χ4n) is 1.89. The number of nitro groups is 1. The van der Waals surface area contributed by atoms with Gasteiger partial charge in [-0.25, -0.2) is 13.1 Å². The molecule has 0 bridgehead atoms. The minimum absolute atomic E-state index is 0.0120. The van der Waals surface area contributed by atoms with E-state index in [0.29, 0.717) is 17.8 Å². The molecule has 24 heavy (non-hydrogen) atoms. The summed E-state index contributed by atoms with van der Waals surface area (Å²) in [5.74, 6) is 0. The standard InChI is InChI=1S/C15H14N4O4S/c16-11-12-1-7-15(8-2-12)24(22,23)18-10-9-17-13-3-5-14(6-4-13)19(20)21/h1-8,17-18H,9-10H2. The molecule has 0 aromatic heterocycles. The second-order valence-corrected chi connectivity index (χ2v) is 6.53. The third-order valence-electron chi connectivity index (χ3n) is 3.12. The molecule has 0 heterocycles. The Morgan fingerprint density at radius 3 is 2.21 bits per heavy atom. The van der Waals surface area contributed by atoms with Gasteiger partial charge in [-0.1, -0.05) is 0 Å². The Morgan fingerprint density at radius 2 is 1.67 bits per heavy atom. The van der Waals surface area contributed by atoms with Gasteiger partial charge in [0.1, 0.15) is 0 Å². The number of rotatable bonds is 7. The van der Waals surface area contributed by atoms with Gasteiger partial charge in [0.2, 0.25) is 10.0 Å². The highest BCUT2D eigenvalue weighted by Gasteiger charge is 2.12. The van der Waals surface area contributed by atoms with E-state index < -0.39 is 14.9 Å². The molecule has 0 amide bonds. The number of sulfonamides is 1. The lowest BCUT2D eigenvalue weighted by atomic mass is 10.2. The van der Waals surface area contributed by atoms with Crippen LogP contribution >= 0.6 is 0 Å². The lowest BCUT2D eigenvalue weighted by Crippen LogP contribution is -2.28. The van der Waals surface area contributed by atoms with E-state index in [4.69, 9.17) is 5.26 Å². The average Bonchev–Trinajstić information content (AvgIpc) is 2.59. The van der Waals surface area contributed by atoms with Crippen LogP contribution in [0.4, 0.5) is 11.4 Å². The fraction of sp³-hybridized carbons (Fsp3) is 0.133. The van der Waals surface area contributed by atoms with Crippen molar-refractivity contribution in [1.29, 1.82) is 5.26 Å². The van der Waals surface area contributed by atoms with E-state index >= 15 is 0 Å². The zero-order valence-electron chi connectivity index (χ0n) is 12.5. The third kappa shape index (κ3) is 4.52. The highest BCUT2D eigenvalue weighted by Crippen LogP contribution is 2.15. The molecule has 0 saturated heterocycles. The SMILES string of the molecule is N#Cc1ccc(S(=O)(=O)NCCNc2ccc([N+](=O)[O-])cc2)cc1. The van der Waals surface area contributed by atoms with Gasteiger partial charge in [-0.3, -0.25) is 10.1 Å². The van der Waals surface area contributed by atoms with Gasteiger partial charge in [-0.15, -0.1) is 0 Å². The van der Waals surface area contributed by atoms with E-state index in [1.165, 1.54) is 36.4 Å². The Bertz CT molecular complexity index is 856. The molecule has 0 aliphatic carbocycles. The van der Waals surface area contributed by atoms with Crippen LogP contribution in [0.1, 0.15) is 5.56 Å². The van der Waals surface area contributed by atoms with Crippen molar-refractivity contribution in [2.75, 3.05) is 18.4 Å². The third-order valence-corrected chi connectivity index (χ3v) is 4.59. The normalized spacial score (nSPS) is 10.8. The van der Waals surface area contributed by atoms with Crippen molar-refractivity contribution in [2.24, 2.45) is 0 Å². The van der Waals surface area contributed by atoms with Gasteiger partial charge >= 0.3 is 0 Å². The predicted octanol–water partition coefficient (Wildman–Crippen LogP) is 1.86. The van der Waals surface area contributed by atoms with Gasteiger partial charge in [0, 0.05) is 30.9 Å². The van der Waals surface area contributed by atoms with Gasteiger partial charge in [0.15, 0.2) is 0 Å². The summed E-state index contributed by atoms with van der Waals surface area (Å²) in [5.41, 5.74) is 1.02. The van der Waals surface area contributed by atoms with Crippen molar-refractivity contribution >= 4 is 21.4 Å². The molecule has 0 radical (unpaired) electrons. The Hall–Kier alpha value is -2.96. The number of nitro benzene ring substituents is 1. The van der Waals surface area contributed by atoms with E-state index in [1.54, 1.807) is 12.1 Å². The molecule has 0 fully saturated rings. The second-order valence-electron chi connectivity index (χ2n) is 4.76. The minimum Gasteiger partial charge on any atom is -0.384 e. The number of nitrogens with zero attached hydrogens (tertiary/aromatic N) is 2. The summed E-state index contributed by atoms with van der Waals surface area (Å²) in [6.07, 6.45) is 0. The molecule has 0 saturated carbocycles. The molecule has 9 heteroatoms. The summed E-state index contributed by atoms with van der Waals surface area (Å²) in [7, 11) is -3.65. The summed E-state index contributed by atoms with van der Waals surface area (Å²) in [6, 6.07) is 13.3. The second kappa shape index (κ2) is 7.54. The topological polar surface area (TPSA) is 125 Å². The maximum absolute atomic E-state index is 12.1. The summed E-state index contributed by atoms with van der Waals surface area (Å²) in [4.78, 5) is 10.1. The number of nitriles is 1. The number of benzene rings is 2. The van der Waals surface area contributed by atoms with Gasteiger partial charge in [-0.2, -0.15) is 5.26 Å². The molecule has 2 N–H and O–H groups in total. The number of nitrogens with one attached hydrogen (secondary N) is 2. The van der Waals surface area contributed by atoms with Crippen molar-refractivity contribution in [3.63, 3.8) is 0 Å². The van der Waals surface area contributed by atoms with Gasteiger partial charge in [0.25, 0.3) is 5.69 Å². The first-order chi connectivity index (χ1) is 11.4. The highest BCUT2D eigenvalue weighted by molar-refractivity contribution is 7.89. The Morgan fingerprint density at radius 1 is 1.04 bits per heavy atom. The number of hydrogen-bond donors (Lipinski definition) is 2. The molecule has 0 unspecified atom stereocenters. The first kappa shape index (κ1) is 17.4. The molecule has 8 nitrogen and oxygen atoms in total. The van der Waals surface area contributed by atoms with Crippen molar-refractivity contribution < 1.29 is 13.3 Å². The average molecular weight is 346 g/mol. The molecule has 2 aromatic rings. The van der Waals surface area contributed by atoms with Crippen LogP contribution in [-0.2, 0) is 10.0 Å². The van der Waals surface area contributed by atoms with Crippen LogP contribution in [0.15, 0.2) is 53.4 Å². The van der Waals surface area contributed by atoms with Crippen LogP contribution in [0.5, 0.6) is 0 Å². The zero-order chi connectivity index (χ0) is 17.6. The van der Waals surface area contributed by atoms with E-state index in [-0.39, 0.29) is 17.1 Å². The summed E-state index contributed by atoms with van der Waals surface area (Å²) in [6.45, 7) is 0.451. The van der Waals surface area contributed by atoms with Crippen molar-refractivity contribution in [3.05, 3.63) is 64.2 Å². The molecular weight excluding hydrogens is 332 g/mol. The molecule has 2 aromatic carbocycles. The minimum atomic E-state index is -3.65. The van der Waals surface area contributed by atoms with Crippen molar-refractivity contribution in [2.45, 2.75) is 4.90 Å². The maximum atomic E-state index is 12.1. The van der Waals surface area contributed by atoms with E-state index in [2.05, 4.69) is 10.0 Å². The van der Waals surface area contributed by atoms with Crippen LogP contribution in [0.25, 0.3) is 0 Å². The van der Waals surface area contributed by atoms with Gasteiger partial charge in [0.05, 0.1) is 21.5 Å². The van der Waals surface area contributed by atoms with Crippen LogP contribution in [0.2, 0.25) is 0 Å². The van der Waals surface area contributed by atoms with Crippen molar-refractivity contribution in [3.8, 4) is 6.07 Å². The number of hydrogen-bond acceptors (Lipinski definition) is 6. The Balaban J connectivity index is 1.86. The fourth-order valence-corrected chi connectivity index (χ4v) is 2.92. The van der Waals surface area contributed by atoms with Crippen LogP contribution in [0, 0.1) is 21.4 Å². The van der Waals surface area contributed by atoms with E-state index in [9.17, 15) is 18.5 Å². The zero-order valence-corrected chi connectivity index (χ0v) is 13.3. The summed E-state index contributed by atoms with van der Waals surface area (Å²) < 4.78 is 26.6. The lowest BCUT2D eigenvalue weighted by Gasteiger charge is -2.09. The molecular formula is C15H14N4O4S. The summed E-state index contributed by atoms with van der Waals surface area (Å²) in [5, 5.41) is 22.2. The van der Waals surface area contributed by atoms with E-state index in [1.807, 2.05) is 6.07 Å². The smallest absolute Gasteiger partial charge is 0.269 e. The molecule has 0 aliphatic heterocycles.